The lowest BCUT2D eigenvalue weighted by Gasteiger charge is -2.07. The number of aromatic nitrogens is 1. The van der Waals surface area contributed by atoms with Gasteiger partial charge >= 0.3 is 0 Å². The highest BCUT2D eigenvalue weighted by molar-refractivity contribution is 6.04. The van der Waals surface area contributed by atoms with E-state index in [-0.39, 0.29) is 12.2 Å². The van der Waals surface area contributed by atoms with Gasteiger partial charge in [0.15, 0.2) is 11.6 Å². The summed E-state index contributed by atoms with van der Waals surface area (Å²) in [5.41, 5.74) is 0.450. The molecule has 1 heterocycles. The second-order valence-corrected chi connectivity index (χ2v) is 4.52. The standard InChI is InChI=1S/C15H15F2N3O2/c16-12-4-2-10(8-13(12)17)15(22)20-11-3-5-14(19-9-11)18-6-1-7-21/h2-5,8-9,21H,1,6-7H2,(H,18,19)(H,20,22). The molecule has 2 aromatic rings. The van der Waals surface area contributed by atoms with Crippen molar-refractivity contribution in [2.24, 2.45) is 0 Å². The molecule has 1 aromatic heterocycles. The number of carbonyl (C=O) groups is 1. The molecule has 0 fully saturated rings. The molecule has 0 atom stereocenters. The summed E-state index contributed by atoms with van der Waals surface area (Å²) in [7, 11) is 0. The van der Waals surface area contributed by atoms with E-state index < -0.39 is 17.5 Å². The van der Waals surface area contributed by atoms with Crippen LogP contribution in [0.4, 0.5) is 20.3 Å². The number of hydrogen-bond acceptors (Lipinski definition) is 4. The maximum atomic E-state index is 13.1. The van der Waals surface area contributed by atoms with Gasteiger partial charge in [0.2, 0.25) is 0 Å². The Morgan fingerprint density at radius 2 is 2.00 bits per heavy atom. The maximum Gasteiger partial charge on any atom is 0.255 e. The van der Waals surface area contributed by atoms with E-state index in [4.69, 9.17) is 5.11 Å². The van der Waals surface area contributed by atoms with Crippen molar-refractivity contribution in [2.75, 3.05) is 23.8 Å². The van der Waals surface area contributed by atoms with Crippen LogP contribution in [0.15, 0.2) is 36.5 Å². The fourth-order valence-electron chi connectivity index (χ4n) is 1.71. The Hall–Kier alpha value is -2.54. The van der Waals surface area contributed by atoms with Crippen LogP contribution < -0.4 is 10.6 Å². The third kappa shape index (κ3) is 4.23. The molecule has 0 unspecified atom stereocenters. The van der Waals surface area contributed by atoms with Gasteiger partial charge in [-0.2, -0.15) is 0 Å². The summed E-state index contributed by atoms with van der Waals surface area (Å²) in [6.45, 7) is 0.680. The lowest BCUT2D eigenvalue weighted by molar-refractivity contribution is 0.102. The molecule has 22 heavy (non-hydrogen) atoms. The molecule has 1 amide bonds. The Bertz CT molecular complexity index is 648. The molecule has 0 spiro atoms. The third-order valence-electron chi connectivity index (χ3n) is 2.84. The van der Waals surface area contributed by atoms with Crippen LogP contribution in [-0.2, 0) is 0 Å². The van der Waals surface area contributed by atoms with Crippen molar-refractivity contribution in [3.05, 3.63) is 53.7 Å². The molecule has 0 saturated carbocycles. The maximum absolute atomic E-state index is 13.1. The number of nitrogens with one attached hydrogen (secondary N) is 2. The van der Waals surface area contributed by atoms with Gasteiger partial charge in [0.05, 0.1) is 11.9 Å². The minimum Gasteiger partial charge on any atom is -0.396 e. The first-order valence-corrected chi connectivity index (χ1v) is 6.67. The van der Waals surface area contributed by atoms with Crippen molar-refractivity contribution in [1.82, 2.24) is 4.98 Å². The van der Waals surface area contributed by atoms with Gasteiger partial charge in [0.1, 0.15) is 5.82 Å². The fourth-order valence-corrected chi connectivity index (χ4v) is 1.71. The van der Waals surface area contributed by atoms with E-state index in [2.05, 4.69) is 15.6 Å². The Kier molecular flexibility index (Phi) is 5.37. The SMILES string of the molecule is O=C(Nc1ccc(NCCCO)nc1)c1ccc(F)c(F)c1. The van der Waals surface area contributed by atoms with Crippen molar-refractivity contribution in [1.29, 1.82) is 0 Å². The van der Waals surface area contributed by atoms with E-state index in [1.165, 1.54) is 12.3 Å². The zero-order valence-corrected chi connectivity index (χ0v) is 11.6. The topological polar surface area (TPSA) is 74.2 Å². The second-order valence-electron chi connectivity index (χ2n) is 4.52. The van der Waals surface area contributed by atoms with Gasteiger partial charge in [0, 0.05) is 18.7 Å². The first kappa shape index (κ1) is 15.8. The summed E-state index contributed by atoms with van der Waals surface area (Å²) in [5, 5.41) is 14.2. The number of rotatable bonds is 6. The van der Waals surface area contributed by atoms with Crippen LogP contribution in [0.1, 0.15) is 16.8 Å². The van der Waals surface area contributed by atoms with Gasteiger partial charge in [-0.1, -0.05) is 0 Å². The number of hydrogen-bond donors (Lipinski definition) is 3. The molecule has 3 N–H and O–H groups in total. The summed E-state index contributed by atoms with van der Waals surface area (Å²) in [6.07, 6.45) is 2.05. The Balaban J connectivity index is 1.97. The highest BCUT2D eigenvalue weighted by Gasteiger charge is 2.10. The lowest BCUT2D eigenvalue weighted by atomic mass is 10.2. The van der Waals surface area contributed by atoms with E-state index >= 15 is 0 Å². The van der Waals surface area contributed by atoms with Gasteiger partial charge in [-0.15, -0.1) is 0 Å². The van der Waals surface area contributed by atoms with Crippen LogP contribution in [0.3, 0.4) is 0 Å². The summed E-state index contributed by atoms with van der Waals surface area (Å²) in [4.78, 5) is 16.0. The fraction of sp³-hybridized carbons (Fsp3) is 0.200. The second kappa shape index (κ2) is 7.46. The summed E-state index contributed by atoms with van der Waals surface area (Å²) in [5.74, 6) is -2.02. The van der Waals surface area contributed by atoms with Crippen LogP contribution >= 0.6 is 0 Å². The van der Waals surface area contributed by atoms with Crippen molar-refractivity contribution in [2.45, 2.75) is 6.42 Å². The number of halogens is 2. The van der Waals surface area contributed by atoms with E-state index in [1.807, 2.05) is 0 Å². The zero-order chi connectivity index (χ0) is 15.9. The number of aliphatic hydroxyl groups is 1. The quantitative estimate of drug-likeness (QED) is 0.717. The monoisotopic (exact) mass is 307 g/mol. The summed E-state index contributed by atoms with van der Waals surface area (Å²) >= 11 is 0. The number of carbonyl (C=O) groups excluding carboxylic acids is 1. The average Bonchev–Trinajstić information content (AvgIpc) is 2.52. The average molecular weight is 307 g/mol. The van der Waals surface area contributed by atoms with Gasteiger partial charge in [-0.05, 0) is 36.8 Å². The van der Waals surface area contributed by atoms with Gasteiger partial charge in [-0.3, -0.25) is 4.79 Å². The van der Waals surface area contributed by atoms with Crippen molar-refractivity contribution < 1.29 is 18.7 Å². The summed E-state index contributed by atoms with van der Waals surface area (Å²) < 4.78 is 25.9. The smallest absolute Gasteiger partial charge is 0.255 e. The third-order valence-corrected chi connectivity index (χ3v) is 2.84. The van der Waals surface area contributed by atoms with Gasteiger partial charge in [-0.25, -0.2) is 13.8 Å². The van der Waals surface area contributed by atoms with E-state index in [1.54, 1.807) is 12.1 Å². The normalized spacial score (nSPS) is 10.3. The number of nitrogens with zero attached hydrogens (tertiary/aromatic N) is 1. The highest BCUT2D eigenvalue weighted by atomic mass is 19.2. The molecule has 0 bridgehead atoms. The molecule has 0 aliphatic heterocycles. The molecule has 7 heteroatoms. The van der Waals surface area contributed by atoms with Crippen LogP contribution in [0.5, 0.6) is 0 Å². The van der Waals surface area contributed by atoms with Crippen LogP contribution in [0.25, 0.3) is 0 Å². The predicted molar refractivity (Wildman–Crippen MR) is 78.7 cm³/mol. The largest absolute Gasteiger partial charge is 0.396 e. The van der Waals surface area contributed by atoms with Crippen molar-refractivity contribution >= 4 is 17.4 Å². The number of pyridine rings is 1. The summed E-state index contributed by atoms with van der Waals surface area (Å²) in [6, 6.07) is 6.23. The minimum absolute atomic E-state index is 0.0176. The molecular weight excluding hydrogens is 292 g/mol. The molecular formula is C15H15F2N3O2. The molecule has 2 rings (SSSR count). The first-order chi connectivity index (χ1) is 10.6. The lowest BCUT2D eigenvalue weighted by Crippen LogP contribution is -2.13. The minimum atomic E-state index is -1.07. The molecule has 0 aliphatic rings. The van der Waals surface area contributed by atoms with E-state index in [0.717, 1.165) is 12.1 Å². The van der Waals surface area contributed by atoms with E-state index in [9.17, 15) is 13.6 Å². The van der Waals surface area contributed by atoms with Gasteiger partial charge in [0.25, 0.3) is 5.91 Å². The van der Waals surface area contributed by atoms with Gasteiger partial charge < -0.3 is 15.7 Å². The first-order valence-electron chi connectivity index (χ1n) is 6.67. The number of amides is 1. The Labute approximate surface area is 126 Å². The molecule has 0 radical (unpaired) electrons. The molecule has 5 nitrogen and oxygen atoms in total. The Morgan fingerprint density at radius 1 is 1.18 bits per heavy atom. The van der Waals surface area contributed by atoms with E-state index in [0.29, 0.717) is 24.5 Å². The molecule has 116 valence electrons. The van der Waals surface area contributed by atoms with Crippen LogP contribution in [-0.4, -0.2) is 29.1 Å². The number of anilines is 2. The Morgan fingerprint density at radius 3 is 2.64 bits per heavy atom. The van der Waals surface area contributed by atoms with Crippen molar-refractivity contribution in [3.63, 3.8) is 0 Å². The molecule has 0 aliphatic carbocycles. The number of benzene rings is 1. The van der Waals surface area contributed by atoms with Crippen LogP contribution in [0.2, 0.25) is 0 Å². The van der Waals surface area contributed by atoms with Crippen LogP contribution in [0, 0.1) is 11.6 Å². The highest BCUT2D eigenvalue weighted by Crippen LogP contribution is 2.13. The zero-order valence-electron chi connectivity index (χ0n) is 11.6. The molecule has 1 aromatic carbocycles. The molecule has 0 saturated heterocycles. The predicted octanol–water partition coefficient (Wildman–Crippen LogP) is 2.41. The van der Waals surface area contributed by atoms with Crippen molar-refractivity contribution in [3.8, 4) is 0 Å². The number of aliphatic hydroxyl groups excluding tert-OH is 1.